The van der Waals surface area contributed by atoms with E-state index in [1.54, 1.807) is 6.07 Å². The molecule has 0 aliphatic heterocycles. The average Bonchev–Trinajstić information content (AvgIpc) is 2.67. The molecular formula is C8H9Cl2N5O2S2. The Kier molecular flexibility index (Phi) is 4.39. The van der Waals surface area contributed by atoms with Gasteiger partial charge in [-0.25, -0.2) is 13.4 Å². The summed E-state index contributed by atoms with van der Waals surface area (Å²) >= 11 is 7.16. The lowest BCUT2D eigenvalue weighted by atomic mass is 10.6. The Balaban J connectivity index is 2.30. The summed E-state index contributed by atoms with van der Waals surface area (Å²) in [7, 11) is 1.58. The molecule has 0 atom stereocenters. The minimum atomic E-state index is -3.55. The minimum absolute atomic E-state index is 0.114. The van der Waals surface area contributed by atoms with Gasteiger partial charge >= 0.3 is 0 Å². The number of fused-ring (bicyclic) bond motifs is 1. The Morgan fingerprint density at radius 2 is 2.21 bits per heavy atom. The second-order valence-corrected chi connectivity index (χ2v) is 7.50. The molecule has 19 heavy (non-hydrogen) atoms. The maximum absolute atomic E-state index is 10.9. The Morgan fingerprint density at radius 1 is 1.47 bits per heavy atom. The SMILES string of the molecule is CSc1nc(NCCS(=O)(=O)Cl)n2nc(Cl)cc2n1. The molecule has 0 bridgehead atoms. The third-order valence-electron chi connectivity index (χ3n) is 2.08. The molecule has 0 fully saturated rings. The van der Waals surface area contributed by atoms with E-state index in [0.717, 1.165) is 0 Å². The molecule has 0 aliphatic carbocycles. The van der Waals surface area contributed by atoms with Crippen LogP contribution in [-0.4, -0.2) is 46.6 Å². The van der Waals surface area contributed by atoms with Gasteiger partial charge in [0.2, 0.25) is 15.0 Å². The second kappa shape index (κ2) is 5.70. The van der Waals surface area contributed by atoms with Crippen molar-refractivity contribution in [1.82, 2.24) is 19.6 Å². The van der Waals surface area contributed by atoms with E-state index in [2.05, 4.69) is 20.4 Å². The van der Waals surface area contributed by atoms with Crippen molar-refractivity contribution in [2.24, 2.45) is 0 Å². The zero-order valence-electron chi connectivity index (χ0n) is 9.67. The van der Waals surface area contributed by atoms with Crippen LogP contribution in [0.15, 0.2) is 11.2 Å². The van der Waals surface area contributed by atoms with Crippen molar-refractivity contribution >= 4 is 54.7 Å². The first-order valence-electron chi connectivity index (χ1n) is 5.02. The number of aromatic nitrogens is 4. The van der Waals surface area contributed by atoms with Crippen LogP contribution in [0, 0.1) is 0 Å². The maximum Gasteiger partial charge on any atom is 0.234 e. The van der Waals surface area contributed by atoms with Gasteiger partial charge in [-0.05, 0) is 6.26 Å². The molecule has 0 amide bonds. The normalized spacial score (nSPS) is 11.9. The first kappa shape index (κ1) is 14.6. The molecule has 2 aromatic rings. The van der Waals surface area contributed by atoms with E-state index < -0.39 is 9.05 Å². The van der Waals surface area contributed by atoms with Gasteiger partial charge < -0.3 is 5.32 Å². The lowest BCUT2D eigenvalue weighted by Gasteiger charge is -2.07. The highest BCUT2D eigenvalue weighted by Crippen LogP contribution is 2.17. The topological polar surface area (TPSA) is 89.2 Å². The van der Waals surface area contributed by atoms with Gasteiger partial charge in [0.1, 0.15) is 0 Å². The summed E-state index contributed by atoms with van der Waals surface area (Å²) in [5, 5.41) is 7.66. The number of hydrogen-bond acceptors (Lipinski definition) is 7. The summed E-state index contributed by atoms with van der Waals surface area (Å²) in [4.78, 5) is 8.41. The van der Waals surface area contributed by atoms with E-state index in [0.29, 0.717) is 16.8 Å². The molecule has 104 valence electrons. The van der Waals surface area contributed by atoms with Crippen molar-refractivity contribution in [3.05, 3.63) is 11.2 Å². The highest BCUT2D eigenvalue weighted by atomic mass is 35.7. The molecule has 0 radical (unpaired) electrons. The Bertz CT molecular complexity index is 702. The van der Waals surface area contributed by atoms with Crippen molar-refractivity contribution in [2.45, 2.75) is 5.16 Å². The van der Waals surface area contributed by atoms with Crippen LogP contribution in [-0.2, 0) is 9.05 Å². The molecule has 11 heteroatoms. The Hall–Kier alpha value is -0.770. The van der Waals surface area contributed by atoms with Gasteiger partial charge in [0.15, 0.2) is 16.0 Å². The molecule has 1 N–H and O–H groups in total. The zero-order valence-corrected chi connectivity index (χ0v) is 12.8. The predicted octanol–water partition coefficient (Wildman–Crippen LogP) is 1.48. The van der Waals surface area contributed by atoms with E-state index in [4.69, 9.17) is 22.3 Å². The average molecular weight is 342 g/mol. The number of thioether (sulfide) groups is 1. The van der Waals surface area contributed by atoms with Crippen LogP contribution in [0.1, 0.15) is 0 Å². The van der Waals surface area contributed by atoms with E-state index >= 15 is 0 Å². The standard InChI is InChI=1S/C8H9Cl2N5O2S2/c1-18-8-12-6-4-5(9)14-15(6)7(13-8)11-2-3-19(10,16)17/h4H,2-3H2,1H3,(H,11,12,13). The van der Waals surface area contributed by atoms with Gasteiger partial charge in [-0.2, -0.15) is 14.6 Å². The van der Waals surface area contributed by atoms with Crippen LogP contribution in [0.2, 0.25) is 5.15 Å². The molecule has 0 aromatic carbocycles. The van der Waals surface area contributed by atoms with Crippen LogP contribution in [0.3, 0.4) is 0 Å². The van der Waals surface area contributed by atoms with Crippen LogP contribution in [0.5, 0.6) is 0 Å². The van der Waals surface area contributed by atoms with Gasteiger partial charge in [0, 0.05) is 23.3 Å². The third kappa shape index (κ3) is 3.85. The molecule has 0 saturated heterocycles. The van der Waals surface area contributed by atoms with Crippen LogP contribution in [0.4, 0.5) is 5.95 Å². The largest absolute Gasteiger partial charge is 0.353 e. The van der Waals surface area contributed by atoms with Crippen molar-refractivity contribution in [3.63, 3.8) is 0 Å². The van der Waals surface area contributed by atoms with Gasteiger partial charge in [0.25, 0.3) is 0 Å². The molecule has 7 nitrogen and oxygen atoms in total. The molecule has 2 aromatic heterocycles. The van der Waals surface area contributed by atoms with E-state index in [-0.39, 0.29) is 17.5 Å². The molecule has 2 heterocycles. The van der Waals surface area contributed by atoms with Crippen molar-refractivity contribution in [1.29, 1.82) is 0 Å². The van der Waals surface area contributed by atoms with Crippen LogP contribution >= 0.6 is 34.0 Å². The van der Waals surface area contributed by atoms with Gasteiger partial charge in [-0.3, -0.25) is 0 Å². The van der Waals surface area contributed by atoms with Crippen LogP contribution < -0.4 is 5.32 Å². The van der Waals surface area contributed by atoms with Gasteiger partial charge in [0.05, 0.1) is 5.75 Å². The summed E-state index contributed by atoms with van der Waals surface area (Å²) in [5.74, 6) is 0.144. The smallest absolute Gasteiger partial charge is 0.234 e. The summed E-state index contributed by atoms with van der Waals surface area (Å²) in [6, 6.07) is 1.59. The van der Waals surface area contributed by atoms with E-state index in [1.807, 2.05) is 6.26 Å². The van der Waals surface area contributed by atoms with Gasteiger partial charge in [-0.1, -0.05) is 23.4 Å². The molecule has 2 rings (SSSR count). The first-order valence-corrected chi connectivity index (χ1v) is 9.10. The lowest BCUT2D eigenvalue weighted by Crippen LogP contribution is -2.15. The fourth-order valence-electron chi connectivity index (χ4n) is 1.33. The number of anilines is 1. The molecule has 0 aliphatic rings. The van der Waals surface area contributed by atoms with E-state index in [1.165, 1.54) is 16.3 Å². The Morgan fingerprint density at radius 3 is 2.84 bits per heavy atom. The predicted molar refractivity (Wildman–Crippen MR) is 75.7 cm³/mol. The second-order valence-electron chi connectivity index (χ2n) is 3.44. The first-order chi connectivity index (χ1) is 8.89. The maximum atomic E-state index is 10.9. The summed E-state index contributed by atoms with van der Waals surface area (Å²) in [6.07, 6.45) is 1.83. The lowest BCUT2D eigenvalue weighted by molar-refractivity contribution is 0.609. The highest BCUT2D eigenvalue weighted by Gasteiger charge is 2.11. The number of nitrogens with one attached hydrogen (secondary N) is 1. The van der Waals surface area contributed by atoms with Gasteiger partial charge in [-0.15, -0.1) is 0 Å². The minimum Gasteiger partial charge on any atom is -0.353 e. The summed E-state index contributed by atoms with van der Waals surface area (Å²) in [5.41, 5.74) is 0.528. The number of halogens is 2. The Labute approximate surface area is 123 Å². The number of nitrogens with zero attached hydrogens (tertiary/aromatic N) is 4. The van der Waals surface area contributed by atoms with E-state index in [9.17, 15) is 8.42 Å². The van der Waals surface area contributed by atoms with Crippen molar-refractivity contribution < 1.29 is 8.42 Å². The van der Waals surface area contributed by atoms with Crippen molar-refractivity contribution in [2.75, 3.05) is 23.9 Å². The fraction of sp³-hybridized carbons (Fsp3) is 0.375. The number of rotatable bonds is 5. The molecule has 0 unspecified atom stereocenters. The quantitative estimate of drug-likeness (QED) is 0.650. The molecule has 0 saturated carbocycles. The third-order valence-corrected chi connectivity index (χ3v) is 3.97. The highest BCUT2D eigenvalue weighted by molar-refractivity contribution is 8.13. The molecule has 0 spiro atoms. The van der Waals surface area contributed by atoms with Crippen LogP contribution in [0.25, 0.3) is 5.65 Å². The fourth-order valence-corrected chi connectivity index (χ4v) is 2.44. The zero-order chi connectivity index (χ0) is 14.0. The summed E-state index contributed by atoms with van der Waals surface area (Å²) < 4.78 is 23.1. The monoisotopic (exact) mass is 341 g/mol. The summed E-state index contributed by atoms with van der Waals surface area (Å²) in [6.45, 7) is 0.114. The molecular weight excluding hydrogens is 333 g/mol. The van der Waals surface area contributed by atoms with Crippen molar-refractivity contribution in [3.8, 4) is 0 Å². The number of hydrogen-bond donors (Lipinski definition) is 1.